The number of benzene rings is 1. The molecule has 0 aromatic heterocycles. The minimum Gasteiger partial charge on any atom is -0.496 e. The Bertz CT molecular complexity index is 322. The van der Waals surface area contributed by atoms with Crippen molar-refractivity contribution in [2.24, 2.45) is 0 Å². The Morgan fingerprint density at radius 2 is 1.85 bits per heavy atom. The van der Waals surface area contributed by atoms with Gasteiger partial charge >= 0.3 is 7.60 Å². The number of ether oxygens (including phenoxy) is 1. The molecule has 0 aliphatic carbocycles. The summed E-state index contributed by atoms with van der Waals surface area (Å²) in [7, 11) is -2.83. The molecule has 1 radical (unpaired) electrons. The van der Waals surface area contributed by atoms with Crippen LogP contribution in [0.25, 0.3) is 0 Å². The first-order valence-electron chi connectivity index (χ1n) is 3.25. The van der Waals surface area contributed by atoms with Crippen LogP contribution < -0.4 is 10.0 Å². The van der Waals surface area contributed by atoms with Crippen molar-refractivity contribution >= 4 is 12.9 Å². The summed E-state index contributed by atoms with van der Waals surface area (Å²) < 4.78 is 15.6. The predicted molar refractivity (Wildman–Crippen MR) is 44.7 cm³/mol. The second kappa shape index (κ2) is 4.80. The fraction of sp³-hybridized carbons (Fsp3) is 0.143. The number of para-hydroxylation sites is 1. The second-order valence-corrected chi connectivity index (χ2v) is 3.79. The van der Waals surface area contributed by atoms with E-state index < -0.39 is 7.60 Å². The van der Waals surface area contributed by atoms with E-state index in [1.807, 2.05) is 0 Å². The quantitative estimate of drug-likeness (QED) is 0.593. The first-order valence-corrected chi connectivity index (χ1v) is 4.86. The molecule has 0 bridgehead atoms. The molecule has 0 unspecified atom stereocenters. The molecule has 0 aliphatic heterocycles. The van der Waals surface area contributed by atoms with Gasteiger partial charge in [-0.2, -0.15) is 0 Å². The second-order valence-electron chi connectivity index (χ2n) is 2.22. The minimum atomic E-state index is -4.20. The van der Waals surface area contributed by atoms with E-state index >= 15 is 0 Å². The van der Waals surface area contributed by atoms with Gasteiger partial charge in [-0.3, -0.25) is 4.57 Å². The van der Waals surface area contributed by atoms with Crippen molar-refractivity contribution in [3.63, 3.8) is 0 Å². The van der Waals surface area contributed by atoms with Gasteiger partial charge in [0.25, 0.3) is 0 Å². The van der Waals surface area contributed by atoms with Crippen LogP contribution in [0.3, 0.4) is 0 Å². The van der Waals surface area contributed by atoms with Crippen LogP contribution in [0.1, 0.15) is 0 Å². The number of hydrogen-bond donors (Lipinski definition) is 2. The Hall–Kier alpha value is -0.311. The zero-order valence-electron chi connectivity index (χ0n) is 6.77. The monoisotopic (exact) mass is 251 g/mol. The van der Waals surface area contributed by atoms with Gasteiger partial charge in [0, 0.05) is 17.1 Å². The molecule has 13 heavy (non-hydrogen) atoms. The van der Waals surface area contributed by atoms with Crippen LogP contribution in [0.4, 0.5) is 0 Å². The van der Waals surface area contributed by atoms with Crippen LogP contribution in [0.5, 0.6) is 5.75 Å². The standard InChI is InChI=1S/C7H9O4P.Cu/c1-11-6-4-2-3-5-7(6)12(8,9)10;/h2-5H,1H3,(H2,8,9,10);. The van der Waals surface area contributed by atoms with Crippen molar-refractivity contribution in [3.8, 4) is 5.75 Å². The topological polar surface area (TPSA) is 66.8 Å². The molecule has 1 aromatic rings. The molecule has 77 valence electrons. The number of rotatable bonds is 2. The maximum atomic E-state index is 10.8. The molecule has 0 spiro atoms. The summed E-state index contributed by atoms with van der Waals surface area (Å²) in [5.41, 5.74) is 0. The molecule has 0 saturated carbocycles. The van der Waals surface area contributed by atoms with E-state index in [2.05, 4.69) is 0 Å². The summed E-state index contributed by atoms with van der Waals surface area (Å²) in [4.78, 5) is 17.7. The molecule has 0 atom stereocenters. The van der Waals surface area contributed by atoms with E-state index in [0.717, 1.165) is 0 Å². The molecular formula is C7H9CuO4P. The molecule has 0 fully saturated rings. The van der Waals surface area contributed by atoms with E-state index in [0.29, 0.717) is 0 Å². The van der Waals surface area contributed by atoms with Crippen molar-refractivity contribution in [1.29, 1.82) is 0 Å². The number of hydrogen-bond acceptors (Lipinski definition) is 2. The van der Waals surface area contributed by atoms with Gasteiger partial charge in [-0.05, 0) is 12.1 Å². The molecule has 2 N–H and O–H groups in total. The van der Waals surface area contributed by atoms with Gasteiger partial charge in [-0.25, -0.2) is 0 Å². The fourth-order valence-corrected chi connectivity index (χ4v) is 1.60. The molecule has 0 amide bonds. The van der Waals surface area contributed by atoms with Gasteiger partial charge in [0.1, 0.15) is 11.1 Å². The van der Waals surface area contributed by atoms with Crippen molar-refractivity contribution in [2.45, 2.75) is 0 Å². The number of methoxy groups -OCH3 is 1. The Kier molecular flexibility index (Phi) is 4.68. The molecule has 1 rings (SSSR count). The summed E-state index contributed by atoms with van der Waals surface area (Å²) in [6, 6.07) is 6.06. The third-order valence-electron chi connectivity index (χ3n) is 1.40. The predicted octanol–water partition coefficient (Wildman–Crippen LogP) is 0.496. The zero-order valence-corrected chi connectivity index (χ0v) is 8.61. The Morgan fingerprint density at radius 3 is 2.23 bits per heavy atom. The molecule has 1 aromatic carbocycles. The first-order chi connectivity index (χ1) is 5.55. The van der Waals surface area contributed by atoms with Gasteiger partial charge in [0.05, 0.1) is 7.11 Å². The smallest absolute Gasteiger partial charge is 0.359 e. The maximum absolute atomic E-state index is 10.8. The van der Waals surface area contributed by atoms with Crippen LogP contribution in [0.2, 0.25) is 0 Å². The summed E-state index contributed by atoms with van der Waals surface area (Å²) in [6.45, 7) is 0. The van der Waals surface area contributed by atoms with Crippen molar-refractivity contribution in [1.82, 2.24) is 0 Å². The van der Waals surface area contributed by atoms with Gasteiger partial charge in [-0.15, -0.1) is 0 Å². The van der Waals surface area contributed by atoms with Crippen molar-refractivity contribution in [3.05, 3.63) is 24.3 Å². The van der Waals surface area contributed by atoms with Crippen LogP contribution in [0.15, 0.2) is 24.3 Å². The van der Waals surface area contributed by atoms with E-state index in [1.165, 1.54) is 19.2 Å². The SMILES string of the molecule is COc1ccccc1P(=O)(O)O.[Cu]. The summed E-state index contributed by atoms with van der Waals surface area (Å²) in [5.74, 6) is 0.214. The fourth-order valence-electron chi connectivity index (χ4n) is 0.870. The van der Waals surface area contributed by atoms with E-state index in [1.54, 1.807) is 12.1 Å². The Morgan fingerprint density at radius 1 is 1.31 bits per heavy atom. The molecule has 0 heterocycles. The van der Waals surface area contributed by atoms with Crippen LogP contribution in [0, 0.1) is 0 Å². The summed E-state index contributed by atoms with van der Waals surface area (Å²) in [6.07, 6.45) is 0. The Balaban J connectivity index is 0.00000144. The van der Waals surface area contributed by atoms with Gasteiger partial charge in [-0.1, -0.05) is 12.1 Å². The van der Waals surface area contributed by atoms with E-state index in [9.17, 15) is 4.57 Å². The molecular weight excluding hydrogens is 243 g/mol. The molecule has 0 saturated heterocycles. The van der Waals surface area contributed by atoms with Crippen molar-refractivity contribution in [2.75, 3.05) is 7.11 Å². The maximum Gasteiger partial charge on any atom is 0.359 e. The van der Waals surface area contributed by atoms with E-state index in [-0.39, 0.29) is 28.1 Å². The van der Waals surface area contributed by atoms with E-state index in [4.69, 9.17) is 14.5 Å². The van der Waals surface area contributed by atoms with Crippen molar-refractivity contribution < 1.29 is 36.2 Å². The average Bonchev–Trinajstić information content (AvgIpc) is 2.03. The van der Waals surface area contributed by atoms with Crippen LogP contribution in [-0.2, 0) is 21.6 Å². The van der Waals surface area contributed by atoms with Gasteiger partial charge in [0.2, 0.25) is 0 Å². The normalized spacial score (nSPS) is 10.4. The molecule has 4 nitrogen and oxygen atoms in total. The summed E-state index contributed by atoms with van der Waals surface area (Å²) in [5, 5.41) is -0.0764. The van der Waals surface area contributed by atoms with Gasteiger partial charge < -0.3 is 14.5 Å². The Labute approximate surface area is 86.6 Å². The molecule has 0 aliphatic rings. The first kappa shape index (κ1) is 12.7. The third kappa shape index (κ3) is 3.14. The summed E-state index contributed by atoms with van der Waals surface area (Å²) >= 11 is 0. The van der Waals surface area contributed by atoms with Gasteiger partial charge in [0.15, 0.2) is 0 Å². The molecule has 6 heteroatoms. The third-order valence-corrected chi connectivity index (χ3v) is 2.40. The zero-order chi connectivity index (χ0) is 9.19. The largest absolute Gasteiger partial charge is 0.496 e. The minimum absolute atomic E-state index is 0. The van der Waals surface area contributed by atoms with Crippen LogP contribution in [-0.4, -0.2) is 16.9 Å². The average molecular weight is 252 g/mol. The van der Waals surface area contributed by atoms with Crippen LogP contribution >= 0.6 is 7.60 Å².